The second-order valence-corrected chi connectivity index (χ2v) is 7.75. The van der Waals surface area contributed by atoms with E-state index in [2.05, 4.69) is 4.98 Å². The lowest BCUT2D eigenvalue weighted by Gasteiger charge is -2.28. The number of rotatable bonds is 5. The molecule has 4 rings (SSSR count). The van der Waals surface area contributed by atoms with Crippen LogP contribution in [-0.4, -0.2) is 34.2 Å². The lowest BCUT2D eigenvalue weighted by Crippen LogP contribution is -2.41. The van der Waals surface area contributed by atoms with Gasteiger partial charge in [0.2, 0.25) is 5.91 Å². The van der Waals surface area contributed by atoms with Crippen molar-refractivity contribution in [3.05, 3.63) is 41.9 Å². The van der Waals surface area contributed by atoms with Gasteiger partial charge < -0.3 is 9.32 Å². The minimum atomic E-state index is 0.0614. The molecule has 0 bridgehead atoms. The summed E-state index contributed by atoms with van der Waals surface area (Å²) in [5, 5.41) is 0. The van der Waals surface area contributed by atoms with Crippen LogP contribution in [0.3, 0.4) is 0 Å². The van der Waals surface area contributed by atoms with Crippen LogP contribution in [0.5, 0.6) is 0 Å². The number of carbonyl (C=O) groups is 2. The standard InChI is InChI=1S/C22H26N2O3/c1-15-7-9-16(10-8-15)20-14-23-21(27-20)11-12-22(26)24-13-3-5-18(24)17-4-2-6-19(17)25/h7-10,14,17-18H,2-6,11-13H2,1H3/t17-,18-/m1/s1. The molecule has 0 unspecified atom stereocenters. The summed E-state index contributed by atoms with van der Waals surface area (Å²) >= 11 is 0. The Bertz CT molecular complexity index is 824. The number of hydrogen-bond donors (Lipinski definition) is 0. The van der Waals surface area contributed by atoms with Crippen LogP contribution in [0, 0.1) is 12.8 Å². The molecule has 2 atom stereocenters. The first kappa shape index (κ1) is 18.0. The third kappa shape index (κ3) is 3.82. The highest BCUT2D eigenvalue weighted by Gasteiger charge is 2.39. The summed E-state index contributed by atoms with van der Waals surface area (Å²) in [6, 6.07) is 8.22. The topological polar surface area (TPSA) is 63.4 Å². The van der Waals surface area contributed by atoms with Crippen molar-refractivity contribution in [2.45, 2.75) is 57.9 Å². The van der Waals surface area contributed by atoms with Gasteiger partial charge in [-0.1, -0.05) is 29.8 Å². The maximum absolute atomic E-state index is 12.8. The van der Waals surface area contributed by atoms with Crippen LogP contribution in [-0.2, 0) is 16.0 Å². The summed E-state index contributed by atoms with van der Waals surface area (Å²) in [5.41, 5.74) is 2.19. The Kier molecular flexibility index (Phi) is 5.10. The van der Waals surface area contributed by atoms with E-state index in [-0.39, 0.29) is 17.9 Å². The second-order valence-electron chi connectivity index (χ2n) is 7.75. The van der Waals surface area contributed by atoms with Crippen molar-refractivity contribution >= 4 is 11.7 Å². The molecule has 2 aromatic rings. The zero-order chi connectivity index (χ0) is 18.8. The van der Waals surface area contributed by atoms with Crippen molar-refractivity contribution in [2.24, 2.45) is 5.92 Å². The number of hydrogen-bond acceptors (Lipinski definition) is 4. The Morgan fingerprint density at radius 3 is 2.78 bits per heavy atom. The summed E-state index contributed by atoms with van der Waals surface area (Å²) in [6.45, 7) is 2.82. The first-order valence-electron chi connectivity index (χ1n) is 9.96. The van der Waals surface area contributed by atoms with E-state index in [1.54, 1.807) is 6.20 Å². The van der Waals surface area contributed by atoms with Crippen LogP contribution in [0.4, 0.5) is 0 Å². The predicted octanol–water partition coefficient (Wildman–Crippen LogP) is 3.94. The van der Waals surface area contributed by atoms with Gasteiger partial charge >= 0.3 is 0 Å². The number of oxazole rings is 1. The first-order chi connectivity index (χ1) is 13.1. The Hall–Kier alpha value is -2.43. The van der Waals surface area contributed by atoms with Crippen LogP contribution in [0.2, 0.25) is 0 Å². The van der Waals surface area contributed by atoms with E-state index in [9.17, 15) is 9.59 Å². The van der Waals surface area contributed by atoms with Gasteiger partial charge in [0.1, 0.15) is 5.78 Å². The van der Waals surface area contributed by atoms with Crippen LogP contribution < -0.4 is 0 Å². The summed E-state index contributed by atoms with van der Waals surface area (Å²) < 4.78 is 5.83. The maximum atomic E-state index is 12.8. The van der Waals surface area contributed by atoms with E-state index in [0.717, 1.165) is 43.6 Å². The molecule has 2 heterocycles. The lowest BCUT2D eigenvalue weighted by molar-refractivity contribution is -0.134. The average molecular weight is 366 g/mol. The molecule has 1 aromatic heterocycles. The van der Waals surface area contributed by atoms with Gasteiger partial charge in [0, 0.05) is 43.3 Å². The first-order valence-corrected chi connectivity index (χ1v) is 9.96. The molecule has 2 fully saturated rings. The normalized spacial score (nSPS) is 22.6. The lowest BCUT2D eigenvalue weighted by atomic mass is 9.95. The highest BCUT2D eigenvalue weighted by molar-refractivity contribution is 5.85. The molecule has 2 aliphatic rings. The third-order valence-electron chi connectivity index (χ3n) is 5.88. The molecule has 142 valence electrons. The molecule has 27 heavy (non-hydrogen) atoms. The molecule has 1 amide bonds. The van der Waals surface area contributed by atoms with Gasteiger partial charge in [0.25, 0.3) is 0 Å². The van der Waals surface area contributed by atoms with E-state index in [0.29, 0.717) is 30.9 Å². The quantitative estimate of drug-likeness (QED) is 0.804. The summed E-state index contributed by atoms with van der Waals surface area (Å²) in [7, 11) is 0. The molecule has 5 nitrogen and oxygen atoms in total. The third-order valence-corrected chi connectivity index (χ3v) is 5.88. The monoisotopic (exact) mass is 366 g/mol. The Morgan fingerprint density at radius 1 is 1.22 bits per heavy atom. The Balaban J connectivity index is 1.36. The zero-order valence-corrected chi connectivity index (χ0v) is 15.8. The minimum absolute atomic E-state index is 0.0614. The predicted molar refractivity (Wildman–Crippen MR) is 102 cm³/mol. The van der Waals surface area contributed by atoms with Gasteiger partial charge in [0.15, 0.2) is 11.7 Å². The highest BCUT2D eigenvalue weighted by atomic mass is 16.4. The number of aromatic nitrogens is 1. The van der Waals surface area contributed by atoms with Crippen molar-refractivity contribution in [3.63, 3.8) is 0 Å². The molecule has 1 saturated heterocycles. The molecule has 1 saturated carbocycles. The van der Waals surface area contributed by atoms with Gasteiger partial charge in [-0.25, -0.2) is 4.98 Å². The number of amides is 1. The number of ketones is 1. The fraction of sp³-hybridized carbons (Fsp3) is 0.500. The van der Waals surface area contributed by atoms with Crippen LogP contribution in [0.25, 0.3) is 11.3 Å². The molecular weight excluding hydrogens is 340 g/mol. The van der Waals surface area contributed by atoms with Gasteiger partial charge in [0.05, 0.1) is 6.20 Å². The van der Waals surface area contributed by atoms with E-state index < -0.39 is 0 Å². The summed E-state index contributed by atoms with van der Waals surface area (Å²) in [4.78, 5) is 31.1. The van der Waals surface area contributed by atoms with Gasteiger partial charge in [-0.3, -0.25) is 9.59 Å². The SMILES string of the molecule is Cc1ccc(-c2cnc(CCC(=O)N3CCC[C@@H]3[C@H]3CCCC3=O)o2)cc1. The van der Waals surface area contributed by atoms with Crippen molar-refractivity contribution < 1.29 is 14.0 Å². The molecule has 0 N–H and O–H groups in total. The number of benzene rings is 1. The van der Waals surface area contributed by atoms with Crippen LogP contribution in [0.15, 0.2) is 34.9 Å². The largest absolute Gasteiger partial charge is 0.441 e. The average Bonchev–Trinajstić information content (AvgIpc) is 3.40. The molecular formula is C22H26N2O3. The van der Waals surface area contributed by atoms with Crippen LogP contribution >= 0.6 is 0 Å². The van der Waals surface area contributed by atoms with Crippen molar-refractivity contribution in [2.75, 3.05) is 6.54 Å². The fourth-order valence-electron chi connectivity index (χ4n) is 4.40. The number of carbonyl (C=O) groups excluding carboxylic acids is 2. The molecule has 0 radical (unpaired) electrons. The Labute approximate surface area is 159 Å². The molecule has 1 aromatic carbocycles. The van der Waals surface area contributed by atoms with Crippen molar-refractivity contribution in [1.82, 2.24) is 9.88 Å². The van der Waals surface area contributed by atoms with Crippen LogP contribution in [0.1, 0.15) is 50.0 Å². The van der Waals surface area contributed by atoms with E-state index in [1.165, 1.54) is 5.56 Å². The Morgan fingerprint density at radius 2 is 2.04 bits per heavy atom. The minimum Gasteiger partial charge on any atom is -0.441 e. The maximum Gasteiger partial charge on any atom is 0.223 e. The molecule has 1 aliphatic carbocycles. The van der Waals surface area contributed by atoms with Crippen molar-refractivity contribution in [1.29, 1.82) is 0 Å². The summed E-state index contributed by atoms with van der Waals surface area (Å²) in [5.74, 6) is 1.84. The molecule has 5 heteroatoms. The number of aryl methyl sites for hydroxylation is 2. The smallest absolute Gasteiger partial charge is 0.223 e. The van der Waals surface area contributed by atoms with Gasteiger partial charge in [-0.15, -0.1) is 0 Å². The second kappa shape index (κ2) is 7.67. The number of nitrogens with zero attached hydrogens (tertiary/aromatic N) is 2. The summed E-state index contributed by atoms with van der Waals surface area (Å²) in [6.07, 6.45) is 7.14. The highest BCUT2D eigenvalue weighted by Crippen LogP contribution is 2.33. The molecule has 1 aliphatic heterocycles. The van der Waals surface area contributed by atoms with Gasteiger partial charge in [-0.05, 0) is 32.6 Å². The van der Waals surface area contributed by atoms with Crippen molar-refractivity contribution in [3.8, 4) is 11.3 Å². The number of Topliss-reactive ketones (excluding diaryl/α,β-unsaturated/α-hetero) is 1. The zero-order valence-electron chi connectivity index (χ0n) is 15.8. The van der Waals surface area contributed by atoms with E-state index in [1.807, 2.05) is 36.1 Å². The van der Waals surface area contributed by atoms with E-state index in [4.69, 9.17) is 4.42 Å². The number of likely N-dealkylation sites (tertiary alicyclic amines) is 1. The molecule has 0 spiro atoms. The van der Waals surface area contributed by atoms with Gasteiger partial charge in [-0.2, -0.15) is 0 Å². The van der Waals surface area contributed by atoms with E-state index >= 15 is 0 Å². The fourth-order valence-corrected chi connectivity index (χ4v) is 4.40.